The molecule has 0 aromatic heterocycles. The average molecular weight is 375 g/mol. The van der Waals surface area contributed by atoms with Gasteiger partial charge in [0.2, 0.25) is 5.91 Å². The fourth-order valence-corrected chi connectivity index (χ4v) is 2.74. The first-order valence-corrected chi connectivity index (χ1v) is 8.55. The molecule has 0 radical (unpaired) electrons. The minimum Gasteiger partial charge on any atom is -0.383 e. The number of halogens is 2. The SMILES string of the molecule is COC[C@@H](C)NC(=O)[C@@H](CC(C)C)NC(=O)c1ccc(Cl)cc1Cl. The molecule has 1 aromatic rings. The maximum absolute atomic E-state index is 12.4. The summed E-state index contributed by atoms with van der Waals surface area (Å²) < 4.78 is 5.01. The number of carbonyl (C=O) groups is 2. The van der Waals surface area contributed by atoms with E-state index < -0.39 is 11.9 Å². The van der Waals surface area contributed by atoms with E-state index in [1.807, 2.05) is 20.8 Å². The number of hydrogen-bond donors (Lipinski definition) is 2. The summed E-state index contributed by atoms with van der Waals surface area (Å²) in [6.07, 6.45) is 0.516. The molecular formula is C17H24Cl2N2O3. The van der Waals surface area contributed by atoms with Gasteiger partial charge in [0.15, 0.2) is 0 Å². The topological polar surface area (TPSA) is 67.4 Å². The van der Waals surface area contributed by atoms with Crippen molar-refractivity contribution in [3.63, 3.8) is 0 Å². The summed E-state index contributed by atoms with van der Waals surface area (Å²) in [6.45, 7) is 6.21. The number of amides is 2. The number of rotatable bonds is 8. The Labute approximate surface area is 153 Å². The smallest absolute Gasteiger partial charge is 0.253 e. The molecule has 2 atom stereocenters. The summed E-state index contributed by atoms with van der Waals surface area (Å²) in [5.41, 5.74) is 0.285. The van der Waals surface area contributed by atoms with Gasteiger partial charge in [0.1, 0.15) is 6.04 Å². The van der Waals surface area contributed by atoms with Gasteiger partial charge in [-0.2, -0.15) is 0 Å². The fourth-order valence-electron chi connectivity index (χ4n) is 2.25. The number of carbonyl (C=O) groups excluding carboxylic acids is 2. The monoisotopic (exact) mass is 374 g/mol. The number of methoxy groups -OCH3 is 1. The molecule has 0 saturated heterocycles. The number of nitrogens with one attached hydrogen (secondary N) is 2. The molecule has 134 valence electrons. The highest BCUT2D eigenvalue weighted by Crippen LogP contribution is 2.21. The van der Waals surface area contributed by atoms with Gasteiger partial charge < -0.3 is 15.4 Å². The Kier molecular flexibility index (Phi) is 8.53. The van der Waals surface area contributed by atoms with Crippen LogP contribution < -0.4 is 10.6 Å². The van der Waals surface area contributed by atoms with Crippen LogP contribution in [-0.4, -0.2) is 37.6 Å². The average Bonchev–Trinajstić information content (AvgIpc) is 2.45. The van der Waals surface area contributed by atoms with Crippen LogP contribution >= 0.6 is 23.2 Å². The van der Waals surface area contributed by atoms with Gasteiger partial charge in [-0.3, -0.25) is 9.59 Å². The van der Waals surface area contributed by atoms with E-state index in [0.29, 0.717) is 18.1 Å². The third-order valence-corrected chi connectivity index (χ3v) is 3.86. The summed E-state index contributed by atoms with van der Waals surface area (Å²) >= 11 is 11.9. The van der Waals surface area contributed by atoms with Crippen LogP contribution in [0.1, 0.15) is 37.6 Å². The van der Waals surface area contributed by atoms with Crippen molar-refractivity contribution in [1.82, 2.24) is 10.6 Å². The van der Waals surface area contributed by atoms with Crippen molar-refractivity contribution in [2.45, 2.75) is 39.3 Å². The van der Waals surface area contributed by atoms with Gasteiger partial charge >= 0.3 is 0 Å². The second-order valence-corrected chi connectivity index (χ2v) is 6.99. The molecule has 5 nitrogen and oxygen atoms in total. The van der Waals surface area contributed by atoms with Gasteiger partial charge in [0.05, 0.1) is 17.2 Å². The molecule has 0 heterocycles. The molecule has 7 heteroatoms. The highest BCUT2D eigenvalue weighted by molar-refractivity contribution is 6.36. The Morgan fingerprint density at radius 2 is 1.83 bits per heavy atom. The molecule has 2 amide bonds. The maximum Gasteiger partial charge on any atom is 0.253 e. The Morgan fingerprint density at radius 1 is 1.17 bits per heavy atom. The van der Waals surface area contributed by atoms with E-state index in [2.05, 4.69) is 10.6 Å². The molecule has 0 aliphatic heterocycles. The highest BCUT2D eigenvalue weighted by atomic mass is 35.5. The van der Waals surface area contributed by atoms with Gasteiger partial charge in [0, 0.05) is 18.2 Å². The van der Waals surface area contributed by atoms with Crippen LogP contribution in [0.3, 0.4) is 0 Å². The molecule has 0 saturated carbocycles. The largest absolute Gasteiger partial charge is 0.383 e. The third kappa shape index (κ3) is 6.67. The van der Waals surface area contributed by atoms with Gasteiger partial charge in [-0.15, -0.1) is 0 Å². The van der Waals surface area contributed by atoms with Crippen LogP contribution in [0.15, 0.2) is 18.2 Å². The van der Waals surface area contributed by atoms with Crippen LogP contribution in [0.2, 0.25) is 10.0 Å². The standard InChI is InChI=1S/C17H24Cl2N2O3/c1-10(2)7-15(17(23)20-11(3)9-24-4)21-16(22)13-6-5-12(18)8-14(13)19/h5-6,8,10-11,15H,7,9H2,1-4H3,(H,20,23)(H,21,22)/t11-,15-/m1/s1. The van der Waals surface area contributed by atoms with Crippen molar-refractivity contribution >= 4 is 35.0 Å². The van der Waals surface area contributed by atoms with E-state index in [-0.39, 0.29) is 28.5 Å². The van der Waals surface area contributed by atoms with Crippen molar-refractivity contribution in [3.05, 3.63) is 33.8 Å². The molecule has 24 heavy (non-hydrogen) atoms. The fraction of sp³-hybridized carbons (Fsp3) is 0.529. The lowest BCUT2D eigenvalue weighted by molar-refractivity contribution is -0.124. The molecule has 0 unspecified atom stereocenters. The maximum atomic E-state index is 12.4. The zero-order valence-corrected chi connectivity index (χ0v) is 15.9. The lowest BCUT2D eigenvalue weighted by Crippen LogP contribution is -2.50. The van der Waals surface area contributed by atoms with Gasteiger partial charge in [-0.1, -0.05) is 37.0 Å². The second-order valence-electron chi connectivity index (χ2n) is 6.14. The van der Waals surface area contributed by atoms with Crippen molar-refractivity contribution in [3.8, 4) is 0 Å². The van der Waals surface area contributed by atoms with Crippen molar-refractivity contribution in [2.75, 3.05) is 13.7 Å². The van der Waals surface area contributed by atoms with Crippen LogP contribution in [0, 0.1) is 5.92 Å². The molecule has 2 N–H and O–H groups in total. The zero-order valence-electron chi connectivity index (χ0n) is 14.4. The van der Waals surface area contributed by atoms with Crippen molar-refractivity contribution in [1.29, 1.82) is 0 Å². The lowest BCUT2D eigenvalue weighted by atomic mass is 10.0. The molecule has 0 fully saturated rings. The number of ether oxygens (including phenoxy) is 1. The van der Waals surface area contributed by atoms with Crippen molar-refractivity contribution in [2.24, 2.45) is 5.92 Å². The Hall–Kier alpha value is -1.30. The lowest BCUT2D eigenvalue weighted by Gasteiger charge is -2.22. The molecular weight excluding hydrogens is 351 g/mol. The predicted molar refractivity (Wildman–Crippen MR) is 96.7 cm³/mol. The van der Waals surface area contributed by atoms with Gasteiger partial charge in [-0.05, 0) is 37.5 Å². The van der Waals surface area contributed by atoms with E-state index >= 15 is 0 Å². The zero-order chi connectivity index (χ0) is 18.3. The van der Waals surface area contributed by atoms with E-state index in [1.54, 1.807) is 13.2 Å². The first-order valence-electron chi connectivity index (χ1n) is 7.79. The molecule has 0 aliphatic rings. The first kappa shape index (κ1) is 20.7. The van der Waals surface area contributed by atoms with Crippen LogP contribution in [0.5, 0.6) is 0 Å². The minimum atomic E-state index is -0.649. The van der Waals surface area contributed by atoms with E-state index in [4.69, 9.17) is 27.9 Å². The Balaban J connectivity index is 2.84. The molecule has 0 aliphatic carbocycles. The van der Waals surface area contributed by atoms with Crippen LogP contribution in [0.25, 0.3) is 0 Å². The molecule has 1 rings (SSSR count). The highest BCUT2D eigenvalue weighted by Gasteiger charge is 2.24. The number of benzene rings is 1. The van der Waals surface area contributed by atoms with Crippen LogP contribution in [0.4, 0.5) is 0 Å². The summed E-state index contributed by atoms with van der Waals surface area (Å²) in [7, 11) is 1.57. The summed E-state index contributed by atoms with van der Waals surface area (Å²) in [5, 5.41) is 6.28. The number of hydrogen-bond acceptors (Lipinski definition) is 3. The Morgan fingerprint density at radius 3 is 2.38 bits per heavy atom. The normalized spacial score (nSPS) is 13.5. The molecule has 0 bridgehead atoms. The Bertz CT molecular complexity index is 579. The molecule has 1 aromatic carbocycles. The van der Waals surface area contributed by atoms with E-state index in [0.717, 1.165) is 0 Å². The van der Waals surface area contributed by atoms with Crippen molar-refractivity contribution < 1.29 is 14.3 Å². The van der Waals surface area contributed by atoms with Crippen LogP contribution in [-0.2, 0) is 9.53 Å². The van der Waals surface area contributed by atoms with Gasteiger partial charge in [0.25, 0.3) is 5.91 Å². The predicted octanol–water partition coefficient (Wildman–Crippen LogP) is 3.29. The second kappa shape index (κ2) is 9.87. The van der Waals surface area contributed by atoms with E-state index in [9.17, 15) is 9.59 Å². The third-order valence-electron chi connectivity index (χ3n) is 3.31. The molecule has 0 spiro atoms. The summed E-state index contributed by atoms with van der Waals surface area (Å²) in [4.78, 5) is 24.9. The minimum absolute atomic E-state index is 0.145. The quantitative estimate of drug-likeness (QED) is 0.733. The summed E-state index contributed by atoms with van der Waals surface area (Å²) in [6, 6.07) is 3.82. The van der Waals surface area contributed by atoms with Gasteiger partial charge in [-0.25, -0.2) is 0 Å². The first-order chi connectivity index (χ1) is 11.2. The van der Waals surface area contributed by atoms with E-state index in [1.165, 1.54) is 12.1 Å². The summed E-state index contributed by atoms with van der Waals surface area (Å²) in [5.74, 6) is -0.414.